The Kier molecular flexibility index (Phi) is 6.47. The Hall–Kier alpha value is -7.68. The first-order chi connectivity index (χ1) is 28.8. The molecule has 0 radical (unpaired) electrons. The molecule has 0 amide bonds. The summed E-state index contributed by atoms with van der Waals surface area (Å²) in [4.78, 5) is 0. The van der Waals surface area contributed by atoms with Gasteiger partial charge in [0.2, 0.25) is 0 Å². The van der Waals surface area contributed by atoms with Gasteiger partial charge in [0.25, 0.3) is 0 Å². The molecule has 2 heterocycles. The molecule has 0 saturated heterocycles. The highest BCUT2D eigenvalue weighted by atomic mass is 15.0. The Bertz CT molecular complexity index is 3650. The van der Waals surface area contributed by atoms with Gasteiger partial charge in [0.15, 0.2) is 0 Å². The molecule has 0 unspecified atom stereocenters. The Balaban J connectivity index is 0.963. The van der Waals surface area contributed by atoms with Gasteiger partial charge in [0, 0.05) is 38.3 Å². The molecule has 1 aliphatic rings. The van der Waals surface area contributed by atoms with Crippen LogP contribution in [0.3, 0.4) is 0 Å². The van der Waals surface area contributed by atoms with Crippen molar-refractivity contribution in [3.8, 4) is 55.9 Å². The molecule has 268 valence electrons. The second-order valence-electron chi connectivity index (χ2n) is 15.7. The van der Waals surface area contributed by atoms with Crippen LogP contribution in [-0.2, 0) is 0 Å². The van der Waals surface area contributed by atoms with Crippen molar-refractivity contribution < 1.29 is 0 Å². The molecular weight excluding hydrogens is 701 g/mol. The molecule has 0 spiro atoms. The van der Waals surface area contributed by atoms with E-state index in [0.29, 0.717) is 0 Å². The number of nitrogens with zero attached hydrogens (tertiary/aromatic N) is 2. The van der Waals surface area contributed by atoms with Gasteiger partial charge in [-0.3, -0.25) is 0 Å². The number of fused-ring (bicyclic) bond motifs is 11. The van der Waals surface area contributed by atoms with Gasteiger partial charge < -0.3 is 9.13 Å². The maximum Gasteiger partial charge on any atom is 0.0619 e. The lowest BCUT2D eigenvalue weighted by atomic mass is 9.97. The lowest BCUT2D eigenvalue weighted by Gasteiger charge is -2.12. The second kappa shape index (κ2) is 11.9. The largest absolute Gasteiger partial charge is 0.309 e. The highest BCUT2D eigenvalue weighted by molar-refractivity contribution is 6.20. The lowest BCUT2D eigenvalue weighted by molar-refractivity contribution is 1.18. The van der Waals surface area contributed by atoms with Crippen molar-refractivity contribution >= 4 is 65.2 Å². The molecule has 1 aliphatic carbocycles. The van der Waals surface area contributed by atoms with Crippen LogP contribution < -0.4 is 0 Å². The summed E-state index contributed by atoms with van der Waals surface area (Å²) in [7, 11) is 0. The number of benzene rings is 10. The van der Waals surface area contributed by atoms with E-state index < -0.39 is 0 Å². The molecule has 0 atom stereocenters. The van der Waals surface area contributed by atoms with Crippen LogP contribution in [-0.4, -0.2) is 9.13 Å². The predicted molar refractivity (Wildman–Crippen MR) is 245 cm³/mol. The first-order valence-corrected chi connectivity index (χ1v) is 20.1. The van der Waals surface area contributed by atoms with Gasteiger partial charge in [-0.2, -0.15) is 0 Å². The summed E-state index contributed by atoms with van der Waals surface area (Å²) < 4.78 is 4.87. The molecular formula is C56H34N2. The molecule has 2 heteroatoms. The Morgan fingerprint density at radius 1 is 0.259 bits per heavy atom. The zero-order valence-corrected chi connectivity index (χ0v) is 31.5. The molecule has 0 aliphatic heterocycles. The minimum atomic E-state index is 1.15. The molecule has 2 aromatic heterocycles. The summed E-state index contributed by atoms with van der Waals surface area (Å²) in [5.74, 6) is 0. The van der Waals surface area contributed by atoms with Crippen molar-refractivity contribution in [2.75, 3.05) is 0 Å². The zero-order valence-electron chi connectivity index (χ0n) is 31.5. The van der Waals surface area contributed by atoms with Crippen LogP contribution in [0.25, 0.3) is 121 Å². The smallest absolute Gasteiger partial charge is 0.0619 e. The molecule has 2 nitrogen and oxygen atoms in total. The average molecular weight is 735 g/mol. The number of hydrogen-bond acceptors (Lipinski definition) is 0. The third-order valence-electron chi connectivity index (χ3n) is 12.6. The first-order valence-electron chi connectivity index (χ1n) is 20.1. The standard InChI is InChI=1S/C56H34N2/c1-2-13-41(14-3-1)57-52-19-7-6-16-45(52)46-29-24-40(34-54(46)57)39-25-31-53-51(33-39)49-30-22-36-10-4-5-15-43(36)56(49)58(53)42-26-20-35(21-27-42)38-23-28-44-47-17-8-11-37-12-9-18-48(55(37)47)50(44)32-38/h1-34H. The van der Waals surface area contributed by atoms with Crippen LogP contribution in [0.1, 0.15) is 0 Å². The number of hydrogen-bond donors (Lipinski definition) is 0. The van der Waals surface area contributed by atoms with Gasteiger partial charge in [0.1, 0.15) is 0 Å². The molecule has 12 aromatic rings. The highest BCUT2D eigenvalue weighted by Gasteiger charge is 2.22. The summed E-state index contributed by atoms with van der Waals surface area (Å²) in [5, 5.41) is 10.2. The van der Waals surface area contributed by atoms with E-state index in [-0.39, 0.29) is 0 Å². The quantitative estimate of drug-likeness (QED) is 0.170. The highest BCUT2D eigenvalue weighted by Crippen LogP contribution is 2.48. The third-order valence-corrected chi connectivity index (χ3v) is 12.6. The molecule has 58 heavy (non-hydrogen) atoms. The molecule has 0 fully saturated rings. The van der Waals surface area contributed by atoms with E-state index in [1.807, 2.05) is 0 Å². The van der Waals surface area contributed by atoms with Crippen molar-refractivity contribution in [2.45, 2.75) is 0 Å². The fourth-order valence-electron chi connectivity index (χ4n) is 10.0. The van der Waals surface area contributed by atoms with Crippen molar-refractivity contribution in [1.82, 2.24) is 9.13 Å². The number of aromatic nitrogens is 2. The molecule has 0 N–H and O–H groups in total. The fraction of sp³-hybridized carbons (Fsp3) is 0. The van der Waals surface area contributed by atoms with Gasteiger partial charge in [-0.15, -0.1) is 0 Å². The monoisotopic (exact) mass is 734 g/mol. The second-order valence-corrected chi connectivity index (χ2v) is 15.7. The molecule has 0 saturated carbocycles. The van der Waals surface area contributed by atoms with Crippen LogP contribution in [0.5, 0.6) is 0 Å². The van der Waals surface area contributed by atoms with E-state index >= 15 is 0 Å². The molecule has 10 aromatic carbocycles. The van der Waals surface area contributed by atoms with E-state index in [0.717, 1.165) is 5.69 Å². The SMILES string of the molecule is c1ccc(-n2c3ccccc3c3ccc(-c4ccc5c(c4)c4ccc6ccccc6c4n5-c4ccc(-c5ccc6c(c5)-c5cccc7cccc-6c57)cc4)cc32)cc1. The van der Waals surface area contributed by atoms with Gasteiger partial charge >= 0.3 is 0 Å². The van der Waals surface area contributed by atoms with Gasteiger partial charge in [0.05, 0.1) is 22.1 Å². The Morgan fingerprint density at radius 2 is 0.862 bits per heavy atom. The van der Waals surface area contributed by atoms with Crippen molar-refractivity contribution in [3.05, 3.63) is 206 Å². The van der Waals surface area contributed by atoms with Crippen LogP contribution in [0.15, 0.2) is 206 Å². The van der Waals surface area contributed by atoms with Crippen molar-refractivity contribution in [2.24, 2.45) is 0 Å². The third kappa shape index (κ3) is 4.43. The van der Waals surface area contributed by atoms with E-state index in [2.05, 4.69) is 215 Å². The maximum atomic E-state index is 2.47. The van der Waals surface area contributed by atoms with E-state index in [1.165, 1.54) is 115 Å². The molecule has 13 rings (SSSR count). The minimum absolute atomic E-state index is 1.15. The number of para-hydroxylation sites is 2. The summed E-state index contributed by atoms with van der Waals surface area (Å²) in [6, 6.07) is 76.3. The van der Waals surface area contributed by atoms with Crippen LogP contribution in [0.2, 0.25) is 0 Å². The minimum Gasteiger partial charge on any atom is -0.309 e. The zero-order chi connectivity index (χ0) is 37.9. The first kappa shape index (κ1) is 31.5. The van der Waals surface area contributed by atoms with Gasteiger partial charge in [-0.25, -0.2) is 0 Å². The fourth-order valence-corrected chi connectivity index (χ4v) is 10.0. The summed E-state index contributed by atoms with van der Waals surface area (Å²) in [6.07, 6.45) is 0. The summed E-state index contributed by atoms with van der Waals surface area (Å²) in [6.45, 7) is 0. The van der Waals surface area contributed by atoms with Crippen LogP contribution >= 0.6 is 0 Å². The van der Waals surface area contributed by atoms with Crippen molar-refractivity contribution in [1.29, 1.82) is 0 Å². The van der Waals surface area contributed by atoms with Gasteiger partial charge in [-0.1, -0.05) is 152 Å². The average Bonchev–Trinajstić information content (AvgIpc) is 3.93. The van der Waals surface area contributed by atoms with Crippen LogP contribution in [0.4, 0.5) is 0 Å². The van der Waals surface area contributed by atoms with Crippen LogP contribution in [0, 0.1) is 0 Å². The number of rotatable bonds is 4. The topological polar surface area (TPSA) is 9.86 Å². The predicted octanol–water partition coefficient (Wildman–Crippen LogP) is 15.2. The Morgan fingerprint density at radius 3 is 1.72 bits per heavy atom. The lowest BCUT2D eigenvalue weighted by Crippen LogP contribution is -1.95. The van der Waals surface area contributed by atoms with E-state index in [1.54, 1.807) is 0 Å². The summed E-state index contributed by atoms with van der Waals surface area (Å²) in [5.41, 5.74) is 17.3. The van der Waals surface area contributed by atoms with E-state index in [4.69, 9.17) is 0 Å². The summed E-state index contributed by atoms with van der Waals surface area (Å²) >= 11 is 0. The van der Waals surface area contributed by atoms with Gasteiger partial charge in [-0.05, 0) is 115 Å². The van der Waals surface area contributed by atoms with E-state index in [9.17, 15) is 0 Å². The normalized spacial score (nSPS) is 12.1. The maximum absolute atomic E-state index is 2.47. The molecule has 0 bridgehead atoms. The Labute approximate surface area is 335 Å². The van der Waals surface area contributed by atoms with Crippen molar-refractivity contribution in [3.63, 3.8) is 0 Å².